The topological polar surface area (TPSA) is 23.6 Å². The molecule has 1 unspecified atom stereocenters. The molecule has 1 heterocycles. The maximum atomic E-state index is 11.3. The van der Waals surface area contributed by atoms with Gasteiger partial charge in [-0.3, -0.25) is 4.79 Å². The van der Waals surface area contributed by atoms with Gasteiger partial charge in [0.25, 0.3) is 0 Å². The van der Waals surface area contributed by atoms with E-state index in [0.29, 0.717) is 5.92 Å². The number of hydrogen-bond acceptors (Lipinski definition) is 2. The van der Waals surface area contributed by atoms with Crippen molar-refractivity contribution in [3.05, 3.63) is 34.3 Å². The summed E-state index contributed by atoms with van der Waals surface area (Å²) in [4.78, 5) is 15.6. The number of nitrogens with zero attached hydrogens (tertiary/aromatic N) is 2. The van der Waals surface area contributed by atoms with Gasteiger partial charge in [-0.05, 0) is 43.5 Å². The number of halogens is 1. The van der Waals surface area contributed by atoms with Crippen LogP contribution in [0.1, 0.15) is 24.5 Å². The van der Waals surface area contributed by atoms with E-state index in [-0.39, 0.29) is 5.91 Å². The molecule has 0 bridgehead atoms. The van der Waals surface area contributed by atoms with Gasteiger partial charge in [0.15, 0.2) is 0 Å². The monoisotopic (exact) mass is 294 g/mol. The number of benzene rings is 1. The molecule has 0 spiro atoms. The van der Waals surface area contributed by atoms with Crippen molar-refractivity contribution >= 4 is 17.5 Å². The zero-order chi connectivity index (χ0) is 14.7. The Morgan fingerprint density at radius 2 is 2.25 bits per heavy atom. The lowest BCUT2D eigenvalue weighted by atomic mass is 10.1. The minimum atomic E-state index is 0.198. The molecule has 1 aliphatic heterocycles. The summed E-state index contributed by atoms with van der Waals surface area (Å²) in [6.45, 7) is 7.46. The summed E-state index contributed by atoms with van der Waals surface area (Å²) in [7, 11) is 2.14. The maximum absolute atomic E-state index is 11.3. The van der Waals surface area contributed by atoms with Crippen LogP contribution in [0.5, 0.6) is 0 Å². The molecule has 1 saturated heterocycles. The summed E-state index contributed by atoms with van der Waals surface area (Å²) in [5.41, 5.74) is 2.41. The largest absolute Gasteiger partial charge is 0.343 e. The van der Waals surface area contributed by atoms with Crippen LogP contribution in [-0.4, -0.2) is 42.4 Å². The molecule has 20 heavy (non-hydrogen) atoms. The van der Waals surface area contributed by atoms with Crippen LogP contribution in [0.4, 0.5) is 0 Å². The molecular formula is C16H23ClN2O. The number of carbonyl (C=O) groups is 1. The highest BCUT2D eigenvalue weighted by Crippen LogP contribution is 2.20. The molecule has 1 aromatic rings. The fraction of sp³-hybridized carbons (Fsp3) is 0.562. The van der Waals surface area contributed by atoms with E-state index in [1.807, 2.05) is 17.9 Å². The zero-order valence-corrected chi connectivity index (χ0v) is 13.3. The predicted octanol–water partition coefficient (Wildman–Crippen LogP) is 2.95. The second-order valence-corrected chi connectivity index (χ2v) is 6.31. The van der Waals surface area contributed by atoms with Crippen molar-refractivity contribution in [2.75, 3.05) is 26.7 Å². The molecule has 1 amide bonds. The molecule has 0 N–H and O–H groups in total. The van der Waals surface area contributed by atoms with Crippen LogP contribution in [0.15, 0.2) is 18.2 Å². The standard InChI is InChI=1S/C16H23ClN2O/c1-12-8-14(4-5-16(12)17)9-18(3)10-15-6-7-19(11-15)13(2)20/h4-5,8,15H,6-7,9-11H2,1-3H3. The number of amides is 1. The van der Waals surface area contributed by atoms with Gasteiger partial charge in [-0.1, -0.05) is 23.7 Å². The number of hydrogen-bond donors (Lipinski definition) is 0. The minimum absolute atomic E-state index is 0.198. The van der Waals surface area contributed by atoms with Gasteiger partial charge in [-0.25, -0.2) is 0 Å². The summed E-state index contributed by atoms with van der Waals surface area (Å²) in [5.74, 6) is 0.792. The Morgan fingerprint density at radius 3 is 2.85 bits per heavy atom. The van der Waals surface area contributed by atoms with Crippen LogP contribution in [0, 0.1) is 12.8 Å². The lowest BCUT2D eigenvalue weighted by Gasteiger charge is -2.21. The number of aryl methyl sites for hydroxylation is 1. The minimum Gasteiger partial charge on any atom is -0.343 e. The molecule has 0 aromatic heterocycles. The fourth-order valence-corrected chi connectivity index (χ4v) is 3.01. The molecule has 0 aliphatic carbocycles. The third-order valence-corrected chi connectivity index (χ3v) is 4.40. The molecule has 110 valence electrons. The highest BCUT2D eigenvalue weighted by molar-refractivity contribution is 6.31. The van der Waals surface area contributed by atoms with Gasteiger partial charge in [-0.2, -0.15) is 0 Å². The molecule has 4 heteroatoms. The highest BCUT2D eigenvalue weighted by Gasteiger charge is 2.24. The Labute approximate surface area is 126 Å². The van der Waals surface area contributed by atoms with Crippen LogP contribution in [-0.2, 0) is 11.3 Å². The van der Waals surface area contributed by atoms with E-state index in [1.54, 1.807) is 6.92 Å². The van der Waals surface area contributed by atoms with E-state index in [4.69, 9.17) is 11.6 Å². The van der Waals surface area contributed by atoms with Crippen LogP contribution in [0.2, 0.25) is 5.02 Å². The quantitative estimate of drug-likeness (QED) is 0.852. The maximum Gasteiger partial charge on any atom is 0.219 e. The summed E-state index contributed by atoms with van der Waals surface area (Å²) in [6, 6.07) is 6.20. The lowest BCUT2D eigenvalue weighted by Crippen LogP contribution is -2.30. The van der Waals surface area contributed by atoms with E-state index in [0.717, 1.165) is 43.2 Å². The van der Waals surface area contributed by atoms with Crippen LogP contribution in [0.25, 0.3) is 0 Å². The molecule has 0 saturated carbocycles. The normalized spacial score (nSPS) is 18.9. The van der Waals surface area contributed by atoms with Gasteiger partial charge < -0.3 is 9.80 Å². The first-order valence-corrected chi connectivity index (χ1v) is 7.52. The molecule has 1 aromatic carbocycles. The molecule has 1 fully saturated rings. The van der Waals surface area contributed by atoms with Crippen LogP contribution in [0.3, 0.4) is 0 Å². The van der Waals surface area contributed by atoms with Crippen molar-refractivity contribution in [3.63, 3.8) is 0 Å². The van der Waals surface area contributed by atoms with Crippen molar-refractivity contribution in [1.29, 1.82) is 0 Å². The van der Waals surface area contributed by atoms with Crippen molar-refractivity contribution in [1.82, 2.24) is 9.80 Å². The highest BCUT2D eigenvalue weighted by atomic mass is 35.5. The molecule has 0 radical (unpaired) electrons. The third-order valence-electron chi connectivity index (χ3n) is 3.98. The van der Waals surface area contributed by atoms with Crippen LogP contribution >= 0.6 is 11.6 Å². The second kappa shape index (κ2) is 6.59. The molecule has 3 nitrogen and oxygen atoms in total. The summed E-state index contributed by atoms with van der Waals surface area (Å²) < 4.78 is 0. The van der Waals surface area contributed by atoms with E-state index in [1.165, 1.54) is 5.56 Å². The van der Waals surface area contributed by atoms with Crippen molar-refractivity contribution in [3.8, 4) is 0 Å². The molecule has 1 aliphatic rings. The first kappa shape index (κ1) is 15.3. The summed E-state index contributed by atoms with van der Waals surface area (Å²) in [6.07, 6.45) is 1.11. The van der Waals surface area contributed by atoms with E-state index in [9.17, 15) is 4.79 Å². The third kappa shape index (κ3) is 3.97. The summed E-state index contributed by atoms with van der Waals surface area (Å²) in [5, 5.41) is 0.823. The number of carbonyl (C=O) groups excluding carboxylic acids is 1. The predicted molar refractivity (Wildman–Crippen MR) is 82.9 cm³/mol. The van der Waals surface area contributed by atoms with Gasteiger partial charge in [-0.15, -0.1) is 0 Å². The van der Waals surface area contributed by atoms with Crippen molar-refractivity contribution < 1.29 is 4.79 Å². The fourth-order valence-electron chi connectivity index (χ4n) is 2.89. The Hall–Kier alpha value is -1.06. The van der Waals surface area contributed by atoms with Crippen molar-refractivity contribution in [2.24, 2.45) is 5.92 Å². The van der Waals surface area contributed by atoms with Gasteiger partial charge in [0.2, 0.25) is 5.91 Å². The zero-order valence-electron chi connectivity index (χ0n) is 12.5. The van der Waals surface area contributed by atoms with Gasteiger partial charge >= 0.3 is 0 Å². The molecule has 2 rings (SSSR count). The number of rotatable bonds is 4. The van der Waals surface area contributed by atoms with Gasteiger partial charge in [0.1, 0.15) is 0 Å². The SMILES string of the molecule is CC(=O)N1CCC(CN(C)Cc2ccc(Cl)c(C)c2)C1. The Morgan fingerprint density at radius 1 is 1.50 bits per heavy atom. The Balaban J connectivity index is 1.85. The number of likely N-dealkylation sites (tertiary alicyclic amines) is 1. The Bertz CT molecular complexity index is 489. The first-order valence-electron chi connectivity index (χ1n) is 7.15. The van der Waals surface area contributed by atoms with Crippen molar-refractivity contribution in [2.45, 2.75) is 26.8 Å². The average molecular weight is 295 g/mol. The van der Waals surface area contributed by atoms with Gasteiger partial charge in [0, 0.05) is 38.1 Å². The van der Waals surface area contributed by atoms with E-state index in [2.05, 4.69) is 24.1 Å². The Kier molecular flexibility index (Phi) is 5.06. The first-order chi connectivity index (χ1) is 9.45. The second-order valence-electron chi connectivity index (χ2n) is 5.90. The van der Waals surface area contributed by atoms with E-state index < -0.39 is 0 Å². The van der Waals surface area contributed by atoms with Crippen LogP contribution < -0.4 is 0 Å². The molecular weight excluding hydrogens is 272 g/mol. The summed E-state index contributed by atoms with van der Waals surface area (Å²) >= 11 is 6.05. The van der Waals surface area contributed by atoms with Gasteiger partial charge in [0.05, 0.1) is 0 Å². The lowest BCUT2D eigenvalue weighted by molar-refractivity contribution is -0.127. The van der Waals surface area contributed by atoms with E-state index >= 15 is 0 Å². The smallest absolute Gasteiger partial charge is 0.219 e. The average Bonchev–Trinajstić information content (AvgIpc) is 2.82. The molecule has 1 atom stereocenters.